The van der Waals surface area contributed by atoms with Crippen LogP contribution in [0.15, 0.2) is 48.8 Å². The van der Waals surface area contributed by atoms with E-state index in [1.807, 2.05) is 56.3 Å². The normalized spacial score (nSPS) is 11.2. The van der Waals surface area contributed by atoms with Crippen LogP contribution in [-0.2, 0) is 4.74 Å². The lowest BCUT2D eigenvalue weighted by molar-refractivity contribution is 0.0481. The third kappa shape index (κ3) is 4.18. The van der Waals surface area contributed by atoms with Gasteiger partial charge in [0.1, 0.15) is 6.61 Å². The summed E-state index contributed by atoms with van der Waals surface area (Å²) in [5, 5.41) is 7.19. The van der Waals surface area contributed by atoms with Crippen LogP contribution in [0.3, 0.4) is 0 Å². The van der Waals surface area contributed by atoms with Crippen LogP contribution in [0, 0.1) is 6.92 Å². The van der Waals surface area contributed by atoms with Crippen LogP contribution < -0.4 is 0 Å². The number of rotatable bonds is 6. The second-order valence-electron chi connectivity index (χ2n) is 7.22. The molecule has 0 saturated carbocycles. The molecule has 0 atom stereocenters. The lowest BCUT2D eigenvalue weighted by atomic mass is 10.1. The third-order valence-electron chi connectivity index (χ3n) is 4.60. The minimum atomic E-state index is -0.411. The number of aryl methyl sites for hydroxylation is 1. The molecule has 30 heavy (non-hydrogen) atoms. The maximum absolute atomic E-state index is 12.3. The summed E-state index contributed by atoms with van der Waals surface area (Å²) in [4.78, 5) is 27.9. The van der Waals surface area contributed by atoms with Gasteiger partial charge in [0.15, 0.2) is 0 Å². The van der Waals surface area contributed by atoms with Crippen LogP contribution in [0.5, 0.6) is 0 Å². The standard InChI is InChI=1S/C22H22N6O2/c1-14-5-4-6-19(25-14)21-16(13-24-27-21)17-7-8-18-20(26-17)11-15(12-23-18)22(29)30-10-9-28(2)3/h4-8,11-13H,9-10H2,1-3H3,(H,24,27). The van der Waals surface area contributed by atoms with Crippen molar-refractivity contribution < 1.29 is 9.53 Å². The minimum absolute atomic E-state index is 0.319. The Hall–Kier alpha value is -3.65. The quantitative estimate of drug-likeness (QED) is 0.495. The first-order chi connectivity index (χ1) is 14.5. The summed E-state index contributed by atoms with van der Waals surface area (Å²) >= 11 is 0. The van der Waals surface area contributed by atoms with Crippen molar-refractivity contribution in [2.45, 2.75) is 6.92 Å². The minimum Gasteiger partial charge on any atom is -0.461 e. The molecule has 0 aliphatic carbocycles. The van der Waals surface area contributed by atoms with Gasteiger partial charge in [-0.2, -0.15) is 5.10 Å². The Balaban J connectivity index is 1.66. The lowest BCUT2D eigenvalue weighted by Gasteiger charge is -2.10. The molecule has 0 bridgehead atoms. The summed E-state index contributed by atoms with van der Waals surface area (Å²) in [7, 11) is 3.85. The molecule has 0 spiro atoms. The summed E-state index contributed by atoms with van der Waals surface area (Å²) in [6.07, 6.45) is 3.24. The summed E-state index contributed by atoms with van der Waals surface area (Å²) in [6.45, 7) is 2.92. The molecule has 152 valence electrons. The Bertz CT molecular complexity index is 1200. The van der Waals surface area contributed by atoms with Crippen molar-refractivity contribution >= 4 is 17.0 Å². The number of aromatic amines is 1. The number of carbonyl (C=O) groups is 1. The molecule has 0 aliphatic heterocycles. The fourth-order valence-corrected chi connectivity index (χ4v) is 3.03. The topological polar surface area (TPSA) is 96.9 Å². The molecule has 0 fully saturated rings. The third-order valence-corrected chi connectivity index (χ3v) is 4.60. The zero-order valence-corrected chi connectivity index (χ0v) is 17.1. The average molecular weight is 402 g/mol. The zero-order chi connectivity index (χ0) is 21.1. The van der Waals surface area contributed by atoms with E-state index in [0.717, 1.165) is 28.3 Å². The summed E-state index contributed by atoms with van der Waals surface area (Å²) < 4.78 is 5.31. The van der Waals surface area contributed by atoms with Crippen LogP contribution in [0.25, 0.3) is 33.7 Å². The van der Waals surface area contributed by atoms with Crippen molar-refractivity contribution in [3.63, 3.8) is 0 Å². The number of nitrogens with zero attached hydrogens (tertiary/aromatic N) is 5. The number of ether oxygens (including phenoxy) is 1. The van der Waals surface area contributed by atoms with Crippen molar-refractivity contribution in [1.29, 1.82) is 0 Å². The van der Waals surface area contributed by atoms with Gasteiger partial charge < -0.3 is 9.64 Å². The van der Waals surface area contributed by atoms with Gasteiger partial charge in [-0.3, -0.25) is 15.1 Å². The van der Waals surface area contributed by atoms with Crippen LogP contribution in [-0.4, -0.2) is 63.3 Å². The Morgan fingerprint density at radius 1 is 1.07 bits per heavy atom. The van der Waals surface area contributed by atoms with Gasteiger partial charge in [-0.1, -0.05) is 6.07 Å². The molecular formula is C22H22N6O2. The van der Waals surface area contributed by atoms with E-state index in [2.05, 4.69) is 20.2 Å². The maximum Gasteiger partial charge on any atom is 0.339 e. The molecule has 1 N–H and O–H groups in total. The van der Waals surface area contributed by atoms with Gasteiger partial charge in [0, 0.05) is 24.0 Å². The fraction of sp³-hybridized carbons (Fsp3) is 0.227. The van der Waals surface area contributed by atoms with E-state index in [1.165, 1.54) is 6.20 Å². The SMILES string of the molecule is Cc1cccc(-c2[nH]ncc2-c2ccc3ncc(C(=O)OCCN(C)C)cc3n2)n1. The van der Waals surface area contributed by atoms with Crippen molar-refractivity contribution in [3.05, 3.63) is 60.0 Å². The molecule has 4 rings (SSSR count). The van der Waals surface area contributed by atoms with Crippen LogP contribution in [0.1, 0.15) is 16.1 Å². The van der Waals surface area contributed by atoms with Crippen molar-refractivity contribution in [1.82, 2.24) is 30.0 Å². The lowest BCUT2D eigenvalue weighted by Crippen LogP contribution is -2.20. The molecular weight excluding hydrogens is 380 g/mol. The molecule has 0 saturated heterocycles. The van der Waals surface area contributed by atoms with Gasteiger partial charge in [-0.15, -0.1) is 0 Å². The first-order valence-electron chi connectivity index (χ1n) is 9.58. The van der Waals surface area contributed by atoms with E-state index < -0.39 is 5.97 Å². The van der Waals surface area contributed by atoms with Crippen LogP contribution in [0.4, 0.5) is 0 Å². The smallest absolute Gasteiger partial charge is 0.339 e. The predicted octanol–water partition coefficient (Wildman–Crippen LogP) is 3.11. The summed E-state index contributed by atoms with van der Waals surface area (Å²) in [6, 6.07) is 11.3. The van der Waals surface area contributed by atoms with Crippen LogP contribution in [0.2, 0.25) is 0 Å². The Kier molecular flexibility index (Phi) is 5.49. The molecule has 4 heterocycles. The molecule has 0 amide bonds. The molecule has 4 aromatic rings. The number of esters is 1. The highest BCUT2D eigenvalue weighted by molar-refractivity contribution is 5.93. The van der Waals surface area contributed by atoms with E-state index >= 15 is 0 Å². The van der Waals surface area contributed by atoms with E-state index in [1.54, 1.807) is 12.3 Å². The summed E-state index contributed by atoms with van der Waals surface area (Å²) in [5.74, 6) is -0.411. The van der Waals surface area contributed by atoms with E-state index in [9.17, 15) is 4.79 Å². The van der Waals surface area contributed by atoms with Gasteiger partial charge >= 0.3 is 5.97 Å². The second kappa shape index (κ2) is 8.38. The Morgan fingerprint density at radius 3 is 2.73 bits per heavy atom. The number of H-pyrrole nitrogens is 1. The number of hydrogen-bond donors (Lipinski definition) is 1. The van der Waals surface area contributed by atoms with E-state index in [4.69, 9.17) is 9.72 Å². The van der Waals surface area contributed by atoms with Crippen molar-refractivity contribution in [2.75, 3.05) is 27.2 Å². The van der Waals surface area contributed by atoms with E-state index in [-0.39, 0.29) is 0 Å². The van der Waals surface area contributed by atoms with Gasteiger partial charge in [0.2, 0.25) is 0 Å². The van der Waals surface area contributed by atoms with Crippen LogP contribution >= 0.6 is 0 Å². The average Bonchev–Trinajstić information content (AvgIpc) is 3.22. The zero-order valence-electron chi connectivity index (χ0n) is 17.1. The fourth-order valence-electron chi connectivity index (χ4n) is 3.03. The van der Waals surface area contributed by atoms with E-state index in [0.29, 0.717) is 29.7 Å². The summed E-state index contributed by atoms with van der Waals surface area (Å²) in [5.41, 5.74) is 5.72. The molecule has 0 unspecified atom stereocenters. The van der Waals surface area contributed by atoms with Crippen molar-refractivity contribution in [3.8, 4) is 22.6 Å². The first-order valence-corrected chi connectivity index (χ1v) is 9.58. The Morgan fingerprint density at radius 2 is 1.93 bits per heavy atom. The van der Waals surface area contributed by atoms with Crippen molar-refractivity contribution in [2.24, 2.45) is 0 Å². The van der Waals surface area contributed by atoms with Gasteiger partial charge in [-0.25, -0.2) is 9.78 Å². The first kappa shape index (κ1) is 19.7. The highest BCUT2D eigenvalue weighted by Gasteiger charge is 2.15. The molecule has 0 aliphatic rings. The maximum atomic E-state index is 12.3. The number of pyridine rings is 3. The van der Waals surface area contributed by atoms with Gasteiger partial charge in [0.25, 0.3) is 0 Å². The highest BCUT2D eigenvalue weighted by Crippen LogP contribution is 2.29. The number of aromatic nitrogens is 5. The second-order valence-corrected chi connectivity index (χ2v) is 7.22. The number of carbonyl (C=O) groups excluding carboxylic acids is 1. The molecule has 4 aromatic heterocycles. The predicted molar refractivity (Wildman–Crippen MR) is 114 cm³/mol. The molecule has 8 nitrogen and oxygen atoms in total. The Labute approximate surface area is 174 Å². The highest BCUT2D eigenvalue weighted by atomic mass is 16.5. The largest absolute Gasteiger partial charge is 0.461 e. The number of nitrogens with one attached hydrogen (secondary N) is 1. The monoisotopic (exact) mass is 402 g/mol. The molecule has 0 aromatic carbocycles. The number of likely N-dealkylation sites (N-methyl/N-ethyl adjacent to an activating group) is 1. The number of fused-ring (bicyclic) bond motifs is 1. The van der Waals surface area contributed by atoms with Gasteiger partial charge in [-0.05, 0) is 51.4 Å². The van der Waals surface area contributed by atoms with Gasteiger partial charge in [0.05, 0.1) is 39.9 Å². The number of hydrogen-bond acceptors (Lipinski definition) is 7. The molecule has 0 radical (unpaired) electrons. The molecule has 8 heteroatoms.